The number of aromatic amines is 1. The highest BCUT2D eigenvalue weighted by atomic mass is 16.5. The highest BCUT2D eigenvalue weighted by molar-refractivity contribution is 5.94. The van der Waals surface area contributed by atoms with E-state index in [1.165, 1.54) is 7.11 Å². The van der Waals surface area contributed by atoms with E-state index in [2.05, 4.69) is 20.0 Å². The fourth-order valence-corrected chi connectivity index (χ4v) is 2.06. The molecule has 0 bridgehead atoms. The van der Waals surface area contributed by atoms with Gasteiger partial charge in [-0.3, -0.25) is 9.78 Å². The molecule has 0 saturated carbocycles. The summed E-state index contributed by atoms with van der Waals surface area (Å²) in [4.78, 5) is 11.4. The van der Waals surface area contributed by atoms with Gasteiger partial charge in [0.05, 0.1) is 12.6 Å². The average molecular weight is 256 g/mol. The first kappa shape index (κ1) is 11.5. The Bertz CT molecular complexity index is 757. The summed E-state index contributed by atoms with van der Waals surface area (Å²) in [6, 6.07) is 9.50. The van der Waals surface area contributed by atoms with Gasteiger partial charge in [-0.1, -0.05) is 18.2 Å². The molecule has 1 N–H and O–H groups in total. The van der Waals surface area contributed by atoms with Crippen molar-refractivity contribution in [3.63, 3.8) is 0 Å². The van der Waals surface area contributed by atoms with Gasteiger partial charge in [-0.2, -0.15) is 10.2 Å². The largest absolute Gasteiger partial charge is 0.464 e. The van der Waals surface area contributed by atoms with E-state index < -0.39 is 5.97 Å². The minimum absolute atomic E-state index is 0.312. The number of aromatic nitrogens is 4. The van der Waals surface area contributed by atoms with Crippen LogP contribution in [0.1, 0.15) is 10.5 Å². The van der Waals surface area contributed by atoms with Gasteiger partial charge in [0, 0.05) is 18.5 Å². The fourth-order valence-electron chi connectivity index (χ4n) is 2.06. The number of carbonyl (C=O) groups excluding carboxylic acids is 1. The van der Waals surface area contributed by atoms with E-state index in [0.29, 0.717) is 11.4 Å². The van der Waals surface area contributed by atoms with E-state index in [1.807, 2.05) is 31.3 Å². The maximum Gasteiger partial charge on any atom is 0.356 e. The highest BCUT2D eigenvalue weighted by Gasteiger charge is 2.16. The Morgan fingerprint density at radius 2 is 2.16 bits per heavy atom. The number of fused-ring (bicyclic) bond motifs is 1. The van der Waals surface area contributed by atoms with Crippen LogP contribution in [0.2, 0.25) is 0 Å². The van der Waals surface area contributed by atoms with Crippen LogP contribution in [-0.2, 0) is 11.8 Å². The van der Waals surface area contributed by atoms with Crippen molar-refractivity contribution < 1.29 is 9.53 Å². The predicted molar refractivity (Wildman–Crippen MR) is 69.6 cm³/mol. The van der Waals surface area contributed by atoms with Crippen molar-refractivity contribution in [1.82, 2.24) is 20.0 Å². The van der Waals surface area contributed by atoms with Crippen molar-refractivity contribution in [2.24, 2.45) is 7.05 Å². The van der Waals surface area contributed by atoms with Gasteiger partial charge in [-0.05, 0) is 6.07 Å². The summed E-state index contributed by atoms with van der Waals surface area (Å²) in [5.74, 6) is -0.445. The van der Waals surface area contributed by atoms with Crippen LogP contribution in [0, 0.1) is 0 Å². The van der Waals surface area contributed by atoms with Crippen LogP contribution >= 0.6 is 0 Å². The lowest BCUT2D eigenvalue weighted by atomic mass is 10.1. The topological polar surface area (TPSA) is 72.8 Å². The number of H-pyrrole nitrogens is 1. The van der Waals surface area contributed by atoms with E-state index in [0.717, 1.165) is 16.6 Å². The zero-order chi connectivity index (χ0) is 13.4. The third kappa shape index (κ3) is 1.77. The summed E-state index contributed by atoms with van der Waals surface area (Å²) in [6.07, 6.45) is 0. The lowest BCUT2D eigenvalue weighted by Gasteiger charge is -1.91. The molecule has 0 aliphatic rings. The van der Waals surface area contributed by atoms with Crippen molar-refractivity contribution >= 4 is 16.9 Å². The lowest BCUT2D eigenvalue weighted by molar-refractivity contribution is 0.0594. The van der Waals surface area contributed by atoms with Gasteiger partial charge in [0.25, 0.3) is 0 Å². The zero-order valence-electron chi connectivity index (χ0n) is 10.5. The molecule has 3 aromatic rings. The molecule has 2 aromatic heterocycles. The third-order valence-corrected chi connectivity index (χ3v) is 2.98. The van der Waals surface area contributed by atoms with Crippen LogP contribution in [0.3, 0.4) is 0 Å². The second-order valence-corrected chi connectivity index (χ2v) is 4.15. The van der Waals surface area contributed by atoms with Crippen LogP contribution in [0.5, 0.6) is 0 Å². The molecule has 0 saturated heterocycles. The predicted octanol–water partition coefficient (Wildman–Crippen LogP) is 1.75. The first-order valence-electron chi connectivity index (χ1n) is 5.76. The van der Waals surface area contributed by atoms with Crippen molar-refractivity contribution in [3.05, 3.63) is 36.0 Å². The number of benzene rings is 1. The van der Waals surface area contributed by atoms with Gasteiger partial charge >= 0.3 is 5.97 Å². The molecule has 1 aromatic carbocycles. The molecule has 6 heteroatoms. The van der Waals surface area contributed by atoms with Crippen LogP contribution in [-0.4, -0.2) is 33.1 Å². The van der Waals surface area contributed by atoms with Crippen molar-refractivity contribution in [2.75, 3.05) is 7.11 Å². The second kappa shape index (κ2) is 4.24. The van der Waals surface area contributed by atoms with Crippen molar-refractivity contribution in [2.45, 2.75) is 0 Å². The molecular formula is C13H12N4O2. The number of hydrogen-bond acceptors (Lipinski definition) is 4. The van der Waals surface area contributed by atoms with Crippen molar-refractivity contribution in [1.29, 1.82) is 0 Å². The number of hydrogen-bond donors (Lipinski definition) is 1. The van der Waals surface area contributed by atoms with Crippen LogP contribution in [0.25, 0.3) is 22.3 Å². The molecule has 2 heterocycles. The van der Waals surface area contributed by atoms with E-state index >= 15 is 0 Å². The number of ether oxygens (including phenoxy) is 1. The summed E-state index contributed by atoms with van der Waals surface area (Å²) < 4.78 is 6.43. The normalized spacial score (nSPS) is 10.8. The molecule has 0 unspecified atom stereocenters. The molecule has 0 fully saturated rings. The van der Waals surface area contributed by atoms with Crippen molar-refractivity contribution in [3.8, 4) is 11.4 Å². The number of methoxy groups -OCH3 is 1. The second-order valence-electron chi connectivity index (χ2n) is 4.15. The Morgan fingerprint density at radius 1 is 1.37 bits per heavy atom. The summed E-state index contributed by atoms with van der Waals surface area (Å²) in [5, 5.41) is 12.2. The molecule has 3 rings (SSSR count). The molecule has 0 amide bonds. The van der Waals surface area contributed by atoms with E-state index in [9.17, 15) is 4.79 Å². The molecule has 0 radical (unpaired) electrons. The van der Waals surface area contributed by atoms with Gasteiger partial charge in [-0.25, -0.2) is 4.79 Å². The Balaban J connectivity index is 2.14. The summed E-state index contributed by atoms with van der Waals surface area (Å²) in [6.45, 7) is 0. The Hall–Kier alpha value is -2.63. The molecule has 0 spiro atoms. The molecule has 0 aliphatic carbocycles. The van der Waals surface area contributed by atoms with Crippen LogP contribution in [0.15, 0.2) is 30.3 Å². The average Bonchev–Trinajstić information content (AvgIpc) is 3.04. The number of esters is 1. The molecule has 19 heavy (non-hydrogen) atoms. The molecule has 6 nitrogen and oxygen atoms in total. The highest BCUT2D eigenvalue weighted by Crippen LogP contribution is 2.26. The standard InChI is InChI=1S/C13H12N4O2/c1-17-11-6-4-3-5-8(11)12(16-17)9-7-10(15-14-9)13(18)19-2/h3-7H,1-2H3,(H,14,15). The quantitative estimate of drug-likeness (QED) is 0.709. The van der Waals surface area contributed by atoms with Gasteiger partial charge < -0.3 is 4.74 Å². The van der Waals surface area contributed by atoms with Crippen LogP contribution < -0.4 is 0 Å². The van der Waals surface area contributed by atoms with Gasteiger partial charge in [0.2, 0.25) is 0 Å². The zero-order valence-corrected chi connectivity index (χ0v) is 10.5. The molecule has 0 aliphatic heterocycles. The Morgan fingerprint density at radius 3 is 2.95 bits per heavy atom. The molecule has 96 valence electrons. The lowest BCUT2D eigenvalue weighted by Crippen LogP contribution is -2.00. The number of rotatable bonds is 2. The van der Waals surface area contributed by atoms with E-state index in [4.69, 9.17) is 0 Å². The first-order chi connectivity index (χ1) is 9.20. The number of para-hydroxylation sites is 1. The van der Waals surface area contributed by atoms with Gasteiger partial charge in [0.1, 0.15) is 17.1 Å². The summed E-state index contributed by atoms with van der Waals surface area (Å²) in [5.41, 5.74) is 2.69. The maximum atomic E-state index is 11.4. The smallest absolute Gasteiger partial charge is 0.356 e. The minimum Gasteiger partial charge on any atom is -0.464 e. The van der Waals surface area contributed by atoms with E-state index in [-0.39, 0.29) is 0 Å². The monoisotopic (exact) mass is 256 g/mol. The first-order valence-corrected chi connectivity index (χ1v) is 5.76. The Labute approximate surface area is 109 Å². The van der Waals surface area contributed by atoms with Gasteiger partial charge in [0.15, 0.2) is 0 Å². The Kier molecular flexibility index (Phi) is 2.56. The minimum atomic E-state index is -0.445. The molecule has 0 atom stereocenters. The third-order valence-electron chi connectivity index (χ3n) is 2.98. The fraction of sp³-hybridized carbons (Fsp3) is 0.154. The number of nitrogens with one attached hydrogen (secondary N) is 1. The van der Waals surface area contributed by atoms with Gasteiger partial charge in [-0.15, -0.1) is 0 Å². The summed E-state index contributed by atoms with van der Waals surface area (Å²) >= 11 is 0. The number of nitrogens with zero attached hydrogens (tertiary/aromatic N) is 3. The molecular weight excluding hydrogens is 244 g/mol. The van der Waals surface area contributed by atoms with Crippen LogP contribution in [0.4, 0.5) is 0 Å². The summed E-state index contributed by atoms with van der Waals surface area (Å²) in [7, 11) is 3.21. The SMILES string of the molecule is COC(=O)c1cc(-c2nn(C)c3ccccc23)n[nH]1. The van der Waals surface area contributed by atoms with E-state index in [1.54, 1.807) is 10.7 Å². The number of aryl methyl sites for hydroxylation is 1. The number of carbonyl (C=O) groups is 1. The maximum absolute atomic E-state index is 11.4.